The van der Waals surface area contributed by atoms with E-state index in [4.69, 9.17) is 5.11 Å². The molecule has 1 unspecified atom stereocenters. The third kappa shape index (κ3) is 4.73. The number of hydrogen-bond acceptors (Lipinski definition) is 4. The average Bonchev–Trinajstić information content (AvgIpc) is 2.60. The van der Waals surface area contributed by atoms with Crippen molar-refractivity contribution in [2.45, 2.75) is 45.8 Å². The molecule has 0 saturated heterocycles. The van der Waals surface area contributed by atoms with E-state index >= 15 is 0 Å². The molecule has 0 spiro atoms. The van der Waals surface area contributed by atoms with Gasteiger partial charge in [0.2, 0.25) is 0 Å². The quantitative estimate of drug-likeness (QED) is 0.733. The monoisotopic (exact) mass is 228 g/mol. The molecule has 0 amide bonds. The Morgan fingerprint density at radius 1 is 1.47 bits per heavy atom. The summed E-state index contributed by atoms with van der Waals surface area (Å²) in [4.78, 5) is 5.63. The van der Waals surface area contributed by atoms with Crippen molar-refractivity contribution in [3.63, 3.8) is 0 Å². The summed E-state index contributed by atoms with van der Waals surface area (Å²) in [6.45, 7) is 7.84. The van der Waals surface area contributed by atoms with Crippen molar-refractivity contribution in [3.8, 4) is 0 Å². The van der Waals surface area contributed by atoms with Crippen LogP contribution in [0.1, 0.15) is 43.0 Å². The van der Waals surface area contributed by atoms with E-state index in [1.807, 2.05) is 13.1 Å². The van der Waals surface area contributed by atoms with Gasteiger partial charge in [0, 0.05) is 23.5 Å². The molecule has 0 aromatic carbocycles. The lowest BCUT2D eigenvalue weighted by atomic mass is 10.2. The fourth-order valence-electron chi connectivity index (χ4n) is 1.19. The number of hydrogen-bond donors (Lipinski definition) is 2. The van der Waals surface area contributed by atoms with Gasteiger partial charge in [-0.25, -0.2) is 4.98 Å². The molecule has 0 saturated carbocycles. The van der Waals surface area contributed by atoms with Gasteiger partial charge in [-0.3, -0.25) is 0 Å². The van der Waals surface area contributed by atoms with Gasteiger partial charge >= 0.3 is 0 Å². The highest BCUT2D eigenvalue weighted by atomic mass is 32.1. The molecule has 0 aliphatic heterocycles. The van der Waals surface area contributed by atoms with E-state index in [1.54, 1.807) is 11.3 Å². The molecule has 0 aliphatic rings. The van der Waals surface area contributed by atoms with Crippen molar-refractivity contribution in [2.75, 3.05) is 6.54 Å². The molecule has 0 radical (unpaired) electrons. The Hall–Kier alpha value is -0.450. The summed E-state index contributed by atoms with van der Waals surface area (Å²) in [6.07, 6.45) is 2.52. The molecular weight excluding hydrogens is 208 g/mol. The molecular formula is C11H20N2OS. The first kappa shape index (κ1) is 12.6. The van der Waals surface area contributed by atoms with Gasteiger partial charge in [0.1, 0.15) is 0 Å². The third-order valence-electron chi connectivity index (χ3n) is 2.10. The molecule has 1 aromatic rings. The van der Waals surface area contributed by atoms with Crippen LogP contribution in [-0.4, -0.2) is 22.7 Å². The van der Waals surface area contributed by atoms with Crippen LogP contribution in [0, 0.1) is 0 Å². The van der Waals surface area contributed by atoms with Crippen molar-refractivity contribution in [3.05, 3.63) is 16.1 Å². The van der Waals surface area contributed by atoms with Crippen LogP contribution < -0.4 is 5.32 Å². The minimum atomic E-state index is -0.217. The van der Waals surface area contributed by atoms with Crippen molar-refractivity contribution in [1.29, 1.82) is 0 Å². The summed E-state index contributed by atoms with van der Waals surface area (Å²) in [6, 6.07) is 0. The summed E-state index contributed by atoms with van der Waals surface area (Å²) in [5.74, 6) is 0.515. The first-order valence-electron chi connectivity index (χ1n) is 5.43. The number of aliphatic hydroxyl groups excluding tert-OH is 1. The van der Waals surface area contributed by atoms with Crippen molar-refractivity contribution in [2.24, 2.45) is 0 Å². The summed E-state index contributed by atoms with van der Waals surface area (Å²) in [7, 11) is 0. The van der Waals surface area contributed by atoms with Crippen LogP contribution >= 0.6 is 11.3 Å². The SMILES string of the molecule is CC(O)CCNCc1cnc(C(C)C)s1. The second kappa shape index (κ2) is 6.20. The molecule has 0 aliphatic carbocycles. The molecule has 15 heavy (non-hydrogen) atoms. The van der Waals surface area contributed by atoms with E-state index in [1.165, 1.54) is 9.88 Å². The maximum atomic E-state index is 9.08. The lowest BCUT2D eigenvalue weighted by Gasteiger charge is -2.04. The Morgan fingerprint density at radius 3 is 2.73 bits per heavy atom. The molecule has 2 N–H and O–H groups in total. The Kier molecular flexibility index (Phi) is 5.22. The number of thiazole rings is 1. The molecule has 1 heterocycles. The lowest BCUT2D eigenvalue weighted by molar-refractivity contribution is 0.183. The minimum absolute atomic E-state index is 0.217. The van der Waals surface area contributed by atoms with Crippen LogP contribution in [0.2, 0.25) is 0 Å². The Balaban J connectivity index is 2.26. The molecule has 4 heteroatoms. The first-order chi connectivity index (χ1) is 7.09. The van der Waals surface area contributed by atoms with Gasteiger partial charge < -0.3 is 10.4 Å². The zero-order valence-electron chi connectivity index (χ0n) is 9.66. The van der Waals surface area contributed by atoms with Crippen LogP contribution in [0.25, 0.3) is 0 Å². The predicted molar refractivity (Wildman–Crippen MR) is 64.2 cm³/mol. The van der Waals surface area contributed by atoms with Gasteiger partial charge in [0.05, 0.1) is 11.1 Å². The van der Waals surface area contributed by atoms with Crippen LogP contribution in [0.15, 0.2) is 6.20 Å². The fourth-order valence-corrected chi connectivity index (χ4v) is 2.08. The second-order valence-electron chi connectivity index (χ2n) is 4.13. The number of nitrogens with one attached hydrogen (secondary N) is 1. The zero-order valence-corrected chi connectivity index (χ0v) is 10.5. The molecule has 1 atom stereocenters. The van der Waals surface area contributed by atoms with Gasteiger partial charge in [-0.2, -0.15) is 0 Å². The van der Waals surface area contributed by atoms with Crippen LogP contribution in [0.3, 0.4) is 0 Å². The van der Waals surface area contributed by atoms with Crippen LogP contribution in [-0.2, 0) is 6.54 Å². The summed E-state index contributed by atoms with van der Waals surface area (Å²) >= 11 is 1.76. The van der Waals surface area contributed by atoms with Crippen LogP contribution in [0.5, 0.6) is 0 Å². The van der Waals surface area contributed by atoms with Crippen molar-refractivity contribution >= 4 is 11.3 Å². The minimum Gasteiger partial charge on any atom is -0.393 e. The van der Waals surface area contributed by atoms with Gasteiger partial charge in [-0.15, -0.1) is 11.3 Å². The maximum Gasteiger partial charge on any atom is 0.0953 e. The van der Waals surface area contributed by atoms with Gasteiger partial charge in [0.25, 0.3) is 0 Å². The van der Waals surface area contributed by atoms with Gasteiger partial charge in [-0.1, -0.05) is 13.8 Å². The van der Waals surface area contributed by atoms with E-state index in [0.29, 0.717) is 5.92 Å². The third-order valence-corrected chi connectivity index (χ3v) is 3.40. The van der Waals surface area contributed by atoms with Crippen LogP contribution in [0.4, 0.5) is 0 Å². The van der Waals surface area contributed by atoms with E-state index in [0.717, 1.165) is 19.5 Å². The molecule has 1 rings (SSSR count). The zero-order chi connectivity index (χ0) is 11.3. The normalized spacial score (nSPS) is 13.4. The van der Waals surface area contributed by atoms with E-state index in [-0.39, 0.29) is 6.10 Å². The number of aromatic nitrogens is 1. The molecule has 1 aromatic heterocycles. The molecule has 86 valence electrons. The Bertz CT molecular complexity index is 284. The number of nitrogens with zero attached hydrogens (tertiary/aromatic N) is 1. The maximum absolute atomic E-state index is 9.08. The smallest absolute Gasteiger partial charge is 0.0953 e. The highest BCUT2D eigenvalue weighted by Gasteiger charge is 2.05. The van der Waals surface area contributed by atoms with Crippen molar-refractivity contribution < 1.29 is 5.11 Å². The number of aliphatic hydroxyl groups is 1. The standard InChI is InChI=1S/C11H20N2OS/c1-8(2)11-13-7-10(15-11)6-12-5-4-9(3)14/h7-9,12,14H,4-6H2,1-3H3. The Morgan fingerprint density at radius 2 is 2.20 bits per heavy atom. The highest BCUT2D eigenvalue weighted by molar-refractivity contribution is 7.11. The summed E-state index contributed by atoms with van der Waals surface area (Å²) in [5, 5.41) is 13.6. The lowest BCUT2D eigenvalue weighted by Crippen LogP contribution is -2.18. The number of rotatable bonds is 6. The van der Waals surface area contributed by atoms with Gasteiger partial charge in [0.15, 0.2) is 0 Å². The van der Waals surface area contributed by atoms with Crippen molar-refractivity contribution in [1.82, 2.24) is 10.3 Å². The van der Waals surface area contributed by atoms with E-state index < -0.39 is 0 Å². The largest absolute Gasteiger partial charge is 0.393 e. The van der Waals surface area contributed by atoms with E-state index in [2.05, 4.69) is 24.1 Å². The second-order valence-corrected chi connectivity index (χ2v) is 5.28. The molecule has 0 fully saturated rings. The average molecular weight is 228 g/mol. The molecule has 3 nitrogen and oxygen atoms in total. The van der Waals surface area contributed by atoms with Gasteiger partial charge in [-0.05, 0) is 19.9 Å². The topological polar surface area (TPSA) is 45.1 Å². The summed E-state index contributed by atoms with van der Waals surface area (Å²) in [5.41, 5.74) is 0. The molecule has 0 bridgehead atoms. The summed E-state index contributed by atoms with van der Waals surface area (Å²) < 4.78 is 0. The fraction of sp³-hybridized carbons (Fsp3) is 0.727. The van der Waals surface area contributed by atoms with E-state index in [9.17, 15) is 0 Å². The Labute approximate surface area is 95.6 Å². The highest BCUT2D eigenvalue weighted by Crippen LogP contribution is 2.20. The first-order valence-corrected chi connectivity index (χ1v) is 6.24. The predicted octanol–water partition coefficient (Wildman–Crippen LogP) is 2.13.